The molecule has 1 saturated heterocycles. The summed E-state index contributed by atoms with van der Waals surface area (Å²) in [6, 6.07) is 13.2. The molecule has 28 heavy (non-hydrogen) atoms. The van der Waals surface area contributed by atoms with Crippen molar-refractivity contribution < 1.29 is 4.74 Å². The molecule has 2 aliphatic carbocycles. The zero-order chi connectivity index (χ0) is 19.1. The lowest BCUT2D eigenvalue weighted by Gasteiger charge is -2.43. The predicted molar refractivity (Wildman–Crippen MR) is 113 cm³/mol. The second-order valence-corrected chi connectivity index (χ2v) is 8.76. The van der Waals surface area contributed by atoms with Crippen LogP contribution in [0.4, 0.5) is 5.69 Å². The molecule has 2 saturated carbocycles. The number of fused-ring (bicyclic) bond motifs is 1. The fourth-order valence-corrected chi connectivity index (χ4v) is 6.13. The number of hydrogen-bond acceptors (Lipinski definition) is 4. The number of nitrogens with zero attached hydrogens (tertiary/aromatic N) is 3. The van der Waals surface area contributed by atoms with Crippen LogP contribution in [0.1, 0.15) is 32.3 Å². The van der Waals surface area contributed by atoms with E-state index in [1.54, 1.807) is 0 Å². The van der Waals surface area contributed by atoms with Gasteiger partial charge in [0.05, 0.1) is 24.0 Å². The summed E-state index contributed by atoms with van der Waals surface area (Å²) in [5.41, 5.74) is 2.97. The third kappa shape index (κ3) is 2.81. The Morgan fingerprint density at radius 2 is 1.86 bits per heavy atom. The van der Waals surface area contributed by atoms with Crippen molar-refractivity contribution in [2.45, 2.75) is 32.2 Å². The van der Waals surface area contributed by atoms with Crippen molar-refractivity contribution in [3.63, 3.8) is 0 Å². The van der Waals surface area contributed by atoms with Gasteiger partial charge >= 0.3 is 0 Å². The van der Waals surface area contributed by atoms with Crippen LogP contribution in [0.2, 0.25) is 0 Å². The maximum absolute atomic E-state index is 5.84. The van der Waals surface area contributed by atoms with Gasteiger partial charge in [-0.15, -0.1) is 0 Å². The number of pyridine rings is 1. The molecule has 5 rings (SSSR count). The maximum atomic E-state index is 5.84. The van der Waals surface area contributed by atoms with Gasteiger partial charge in [-0.1, -0.05) is 19.1 Å². The number of anilines is 1. The normalized spacial score (nSPS) is 32.2. The van der Waals surface area contributed by atoms with Crippen LogP contribution in [-0.2, 0) is 5.54 Å². The van der Waals surface area contributed by atoms with Gasteiger partial charge in [0, 0.05) is 32.4 Å². The molecule has 2 unspecified atom stereocenters. The van der Waals surface area contributed by atoms with Crippen molar-refractivity contribution in [3.05, 3.63) is 54.4 Å². The van der Waals surface area contributed by atoms with Crippen LogP contribution in [-0.4, -0.2) is 42.7 Å². The van der Waals surface area contributed by atoms with Crippen molar-refractivity contribution in [2.75, 3.05) is 37.7 Å². The SMILES string of the molecule is CCOc1cccc(C2(N3CCN(c4cccnc4)CC3)C3CC(C)CC32)c1. The molecule has 1 aliphatic heterocycles. The third-order valence-electron chi connectivity index (χ3n) is 7.24. The zero-order valence-corrected chi connectivity index (χ0v) is 17.1. The van der Waals surface area contributed by atoms with Gasteiger partial charge in [-0.3, -0.25) is 9.88 Å². The molecular weight excluding hydrogens is 346 g/mol. The minimum atomic E-state index is 0.237. The molecule has 0 N–H and O–H groups in total. The molecule has 4 nitrogen and oxygen atoms in total. The van der Waals surface area contributed by atoms with Gasteiger partial charge in [-0.05, 0) is 67.3 Å². The van der Waals surface area contributed by atoms with Crippen LogP contribution >= 0.6 is 0 Å². The fourth-order valence-electron chi connectivity index (χ4n) is 6.13. The number of piperazine rings is 1. The highest BCUT2D eigenvalue weighted by Crippen LogP contribution is 2.70. The van der Waals surface area contributed by atoms with Crippen molar-refractivity contribution in [1.82, 2.24) is 9.88 Å². The lowest BCUT2D eigenvalue weighted by molar-refractivity contribution is 0.124. The Balaban J connectivity index is 1.40. The zero-order valence-electron chi connectivity index (χ0n) is 17.1. The summed E-state index contributed by atoms with van der Waals surface area (Å²) < 4.78 is 5.84. The standard InChI is InChI=1S/C24H31N3O/c1-3-28-21-8-4-6-19(16-21)24(22-14-18(2)15-23(22)24)27-12-10-26(11-13-27)20-7-5-9-25-17-20/h4-9,16-18,22-23H,3,10-15H2,1-2H3. The molecule has 4 heteroatoms. The Bertz CT molecular complexity index is 804. The number of aromatic nitrogens is 1. The van der Waals surface area contributed by atoms with Crippen molar-refractivity contribution >= 4 is 5.69 Å². The van der Waals surface area contributed by atoms with Gasteiger partial charge in [0.1, 0.15) is 5.75 Å². The van der Waals surface area contributed by atoms with Crippen LogP contribution in [0.3, 0.4) is 0 Å². The van der Waals surface area contributed by atoms with E-state index in [2.05, 4.69) is 59.0 Å². The predicted octanol–water partition coefficient (Wildman–Crippen LogP) is 4.17. The molecule has 0 radical (unpaired) electrons. The van der Waals surface area contributed by atoms with Gasteiger partial charge in [-0.25, -0.2) is 0 Å². The number of hydrogen-bond donors (Lipinski definition) is 0. The molecule has 0 amide bonds. The van der Waals surface area contributed by atoms with Crippen LogP contribution in [0.15, 0.2) is 48.8 Å². The highest BCUT2D eigenvalue weighted by atomic mass is 16.5. The van der Waals surface area contributed by atoms with E-state index in [1.165, 1.54) is 24.1 Å². The van der Waals surface area contributed by atoms with E-state index < -0.39 is 0 Å². The lowest BCUT2D eigenvalue weighted by atomic mass is 9.89. The first-order chi connectivity index (χ1) is 13.7. The van der Waals surface area contributed by atoms with E-state index >= 15 is 0 Å². The van der Waals surface area contributed by atoms with Crippen molar-refractivity contribution in [2.24, 2.45) is 17.8 Å². The van der Waals surface area contributed by atoms with Crippen molar-refractivity contribution in [1.29, 1.82) is 0 Å². The highest BCUT2D eigenvalue weighted by molar-refractivity contribution is 5.46. The summed E-state index contributed by atoms with van der Waals surface area (Å²) in [4.78, 5) is 9.58. The second kappa shape index (κ2) is 7.07. The molecule has 2 aromatic rings. The number of ether oxygens (including phenoxy) is 1. The van der Waals surface area contributed by atoms with Gasteiger partial charge < -0.3 is 9.64 Å². The third-order valence-corrected chi connectivity index (χ3v) is 7.24. The minimum absolute atomic E-state index is 0.237. The van der Waals surface area contributed by atoms with Gasteiger partial charge in [0.25, 0.3) is 0 Å². The summed E-state index contributed by atoms with van der Waals surface area (Å²) in [5, 5.41) is 0. The Morgan fingerprint density at radius 3 is 2.54 bits per heavy atom. The van der Waals surface area contributed by atoms with E-state index in [0.29, 0.717) is 0 Å². The molecule has 148 valence electrons. The van der Waals surface area contributed by atoms with E-state index in [9.17, 15) is 0 Å². The first kappa shape index (κ1) is 18.0. The Hall–Kier alpha value is -2.07. The first-order valence-electron chi connectivity index (χ1n) is 10.9. The minimum Gasteiger partial charge on any atom is -0.494 e. The molecule has 3 aliphatic rings. The molecular formula is C24H31N3O. The van der Waals surface area contributed by atoms with Gasteiger partial charge in [0.2, 0.25) is 0 Å². The summed E-state index contributed by atoms with van der Waals surface area (Å²) in [7, 11) is 0. The Kier molecular flexibility index (Phi) is 4.54. The molecule has 3 fully saturated rings. The molecule has 1 aromatic heterocycles. The largest absolute Gasteiger partial charge is 0.494 e. The van der Waals surface area contributed by atoms with Gasteiger partial charge in [0.15, 0.2) is 0 Å². The highest BCUT2D eigenvalue weighted by Gasteiger charge is 2.70. The summed E-state index contributed by atoms with van der Waals surface area (Å²) >= 11 is 0. The van der Waals surface area contributed by atoms with Crippen LogP contribution in [0.5, 0.6) is 5.75 Å². The van der Waals surface area contributed by atoms with Crippen LogP contribution in [0, 0.1) is 17.8 Å². The topological polar surface area (TPSA) is 28.6 Å². The molecule has 0 bridgehead atoms. The van der Waals surface area contributed by atoms with Crippen LogP contribution < -0.4 is 9.64 Å². The van der Waals surface area contributed by atoms with Gasteiger partial charge in [-0.2, -0.15) is 0 Å². The Morgan fingerprint density at radius 1 is 1.07 bits per heavy atom. The monoisotopic (exact) mass is 377 g/mol. The van der Waals surface area contributed by atoms with E-state index in [0.717, 1.165) is 56.3 Å². The first-order valence-corrected chi connectivity index (χ1v) is 10.9. The van der Waals surface area contributed by atoms with Crippen LogP contribution in [0.25, 0.3) is 0 Å². The molecule has 2 atom stereocenters. The summed E-state index contributed by atoms with van der Waals surface area (Å²) in [6.45, 7) is 9.61. The quantitative estimate of drug-likeness (QED) is 0.782. The lowest BCUT2D eigenvalue weighted by Crippen LogP contribution is -2.52. The average molecular weight is 378 g/mol. The number of rotatable bonds is 5. The smallest absolute Gasteiger partial charge is 0.119 e. The molecule has 1 aromatic carbocycles. The van der Waals surface area contributed by atoms with Crippen molar-refractivity contribution in [3.8, 4) is 5.75 Å². The van der Waals surface area contributed by atoms with E-state index in [4.69, 9.17) is 4.74 Å². The van der Waals surface area contributed by atoms with E-state index in [1.807, 2.05) is 18.5 Å². The number of benzene rings is 1. The average Bonchev–Trinajstić information content (AvgIpc) is 3.16. The second-order valence-electron chi connectivity index (χ2n) is 8.76. The molecule has 0 spiro atoms. The summed E-state index contributed by atoms with van der Waals surface area (Å²) in [5.74, 6) is 3.51. The molecule has 2 heterocycles. The van der Waals surface area contributed by atoms with E-state index in [-0.39, 0.29) is 5.54 Å². The summed E-state index contributed by atoms with van der Waals surface area (Å²) in [6.07, 6.45) is 6.58. The Labute approximate surface area is 168 Å². The maximum Gasteiger partial charge on any atom is 0.119 e. The fraction of sp³-hybridized carbons (Fsp3) is 0.542.